The molecule has 13 heteroatoms. The number of sulfonamides is 1. The summed E-state index contributed by atoms with van der Waals surface area (Å²) in [6.07, 6.45) is -3.71. The fraction of sp³-hybridized carbons (Fsp3) is 0.500. The van der Waals surface area contributed by atoms with Gasteiger partial charge in [0, 0.05) is 25.4 Å². The van der Waals surface area contributed by atoms with Gasteiger partial charge in [-0.05, 0) is 6.07 Å². The Labute approximate surface area is 153 Å². The highest BCUT2D eigenvalue weighted by Crippen LogP contribution is 2.13. The molecule has 9 nitrogen and oxygen atoms in total. The third-order valence-electron chi connectivity index (χ3n) is 3.32. The van der Waals surface area contributed by atoms with Gasteiger partial charge in [-0.25, -0.2) is 13.2 Å². The molecule has 0 unspecified atom stereocenters. The zero-order chi connectivity index (χ0) is 20.8. The van der Waals surface area contributed by atoms with E-state index in [1.807, 2.05) is 0 Å². The number of rotatable bonds is 7. The maximum Gasteiger partial charge on any atom is 0.405 e. The van der Waals surface area contributed by atoms with Crippen LogP contribution < -0.4 is 16.2 Å². The summed E-state index contributed by atoms with van der Waals surface area (Å²) in [6, 6.07) is 0.630. The number of hydrogen-bond acceptors (Lipinski definition) is 5. The predicted molar refractivity (Wildman–Crippen MR) is 88.4 cm³/mol. The second-order valence-electron chi connectivity index (χ2n) is 5.27. The molecule has 1 aromatic rings. The van der Waals surface area contributed by atoms with Crippen molar-refractivity contribution < 1.29 is 31.2 Å². The zero-order valence-corrected chi connectivity index (χ0v) is 15.4. The standard InChI is InChI=1S/C14H19F3N4O5S/c1-3-21(4-2)27(25,26)10-5-6-12(23)20(7-10)8-11(22)19-13(24)18-9-14(15,16)17/h5-7H,3-4,8-9H2,1-2H3,(H2,18,19,22,24). The topological polar surface area (TPSA) is 118 Å². The van der Waals surface area contributed by atoms with Gasteiger partial charge >= 0.3 is 12.2 Å². The second-order valence-corrected chi connectivity index (χ2v) is 7.20. The molecule has 1 rings (SSSR count). The van der Waals surface area contributed by atoms with Crippen molar-refractivity contribution in [1.82, 2.24) is 19.5 Å². The van der Waals surface area contributed by atoms with Crippen molar-refractivity contribution in [3.05, 3.63) is 28.7 Å². The molecule has 1 heterocycles. The van der Waals surface area contributed by atoms with Crippen molar-refractivity contribution in [3.8, 4) is 0 Å². The summed E-state index contributed by atoms with van der Waals surface area (Å²) >= 11 is 0. The zero-order valence-electron chi connectivity index (χ0n) is 14.5. The van der Waals surface area contributed by atoms with Crippen LogP contribution in [0.1, 0.15) is 13.8 Å². The number of alkyl halides is 3. The smallest absolute Gasteiger partial charge is 0.329 e. The first kappa shape index (κ1) is 22.6. The van der Waals surface area contributed by atoms with Crippen LogP contribution in [0.2, 0.25) is 0 Å². The van der Waals surface area contributed by atoms with E-state index in [2.05, 4.69) is 0 Å². The third-order valence-corrected chi connectivity index (χ3v) is 5.35. The molecule has 27 heavy (non-hydrogen) atoms. The summed E-state index contributed by atoms with van der Waals surface area (Å²) in [7, 11) is -3.89. The van der Waals surface area contributed by atoms with E-state index in [4.69, 9.17) is 0 Å². The van der Waals surface area contributed by atoms with Gasteiger partial charge in [-0.2, -0.15) is 17.5 Å². The number of pyridine rings is 1. The highest BCUT2D eigenvalue weighted by Gasteiger charge is 2.28. The van der Waals surface area contributed by atoms with Gasteiger partial charge in [0.15, 0.2) is 0 Å². The van der Waals surface area contributed by atoms with Gasteiger partial charge in [0.25, 0.3) is 5.56 Å². The van der Waals surface area contributed by atoms with E-state index < -0.39 is 46.8 Å². The average Bonchev–Trinajstić information content (AvgIpc) is 2.55. The van der Waals surface area contributed by atoms with E-state index in [9.17, 15) is 36.0 Å². The Hall–Kier alpha value is -2.41. The first-order valence-electron chi connectivity index (χ1n) is 7.75. The number of halogens is 3. The second kappa shape index (κ2) is 8.99. The molecule has 0 atom stereocenters. The number of urea groups is 1. The van der Waals surface area contributed by atoms with Crippen molar-refractivity contribution >= 4 is 22.0 Å². The molecule has 0 fully saturated rings. The van der Waals surface area contributed by atoms with Gasteiger partial charge in [0.05, 0.1) is 4.90 Å². The van der Waals surface area contributed by atoms with E-state index in [0.717, 1.165) is 27.2 Å². The Kier molecular flexibility index (Phi) is 7.54. The van der Waals surface area contributed by atoms with E-state index >= 15 is 0 Å². The minimum Gasteiger partial charge on any atom is -0.329 e. The van der Waals surface area contributed by atoms with Crippen LogP contribution in [0.3, 0.4) is 0 Å². The lowest BCUT2D eigenvalue weighted by Crippen LogP contribution is -2.45. The van der Waals surface area contributed by atoms with Crippen LogP contribution in [0, 0.1) is 0 Å². The summed E-state index contributed by atoms with van der Waals surface area (Å²) < 4.78 is 62.8. The maximum absolute atomic E-state index is 12.4. The molecule has 0 spiro atoms. The van der Waals surface area contributed by atoms with Gasteiger partial charge in [0.2, 0.25) is 15.9 Å². The van der Waals surface area contributed by atoms with Gasteiger partial charge in [-0.15, -0.1) is 0 Å². The van der Waals surface area contributed by atoms with Crippen LogP contribution in [-0.4, -0.2) is 55.0 Å². The molecule has 0 aliphatic rings. The van der Waals surface area contributed by atoms with Crippen molar-refractivity contribution in [2.45, 2.75) is 31.5 Å². The van der Waals surface area contributed by atoms with Crippen molar-refractivity contribution in [3.63, 3.8) is 0 Å². The predicted octanol–water partition coefficient (Wildman–Crippen LogP) is 0.267. The lowest BCUT2D eigenvalue weighted by molar-refractivity contribution is -0.124. The normalized spacial score (nSPS) is 12.1. The number of imide groups is 1. The van der Waals surface area contributed by atoms with Crippen LogP contribution >= 0.6 is 0 Å². The molecule has 2 N–H and O–H groups in total. The summed E-state index contributed by atoms with van der Waals surface area (Å²) in [5.74, 6) is -1.09. The molecule has 0 aliphatic carbocycles. The summed E-state index contributed by atoms with van der Waals surface area (Å²) in [6.45, 7) is 1.26. The molecule has 0 bridgehead atoms. The van der Waals surface area contributed by atoms with E-state index in [1.165, 1.54) is 5.32 Å². The van der Waals surface area contributed by atoms with E-state index in [0.29, 0.717) is 0 Å². The maximum atomic E-state index is 12.4. The third kappa shape index (κ3) is 6.67. The van der Waals surface area contributed by atoms with Crippen LogP contribution in [0.4, 0.5) is 18.0 Å². The Bertz CT molecular complexity index is 847. The molecule has 0 saturated carbocycles. The largest absolute Gasteiger partial charge is 0.405 e. The van der Waals surface area contributed by atoms with Gasteiger partial charge in [0.1, 0.15) is 13.1 Å². The first-order chi connectivity index (χ1) is 12.4. The molecular formula is C14H19F3N4O5S. The minimum absolute atomic E-state index is 0.192. The van der Waals surface area contributed by atoms with Crippen molar-refractivity contribution in [1.29, 1.82) is 0 Å². The number of carbonyl (C=O) groups excluding carboxylic acids is 2. The van der Waals surface area contributed by atoms with E-state index in [-0.39, 0.29) is 18.0 Å². The fourth-order valence-electron chi connectivity index (χ4n) is 2.04. The average molecular weight is 412 g/mol. The molecule has 1 aromatic heterocycles. The van der Waals surface area contributed by atoms with E-state index in [1.54, 1.807) is 19.2 Å². The highest BCUT2D eigenvalue weighted by atomic mass is 32.2. The fourth-order valence-corrected chi connectivity index (χ4v) is 3.52. The Balaban J connectivity index is 2.91. The van der Waals surface area contributed by atoms with Crippen molar-refractivity contribution in [2.75, 3.05) is 19.6 Å². The number of hydrogen-bond donors (Lipinski definition) is 2. The number of carbonyl (C=O) groups is 2. The van der Waals surface area contributed by atoms with Crippen molar-refractivity contribution in [2.24, 2.45) is 0 Å². The summed E-state index contributed by atoms with van der Waals surface area (Å²) in [4.78, 5) is 34.5. The van der Waals surface area contributed by atoms with Crippen LogP contribution in [0.15, 0.2) is 28.0 Å². The molecule has 0 saturated heterocycles. The summed E-state index contributed by atoms with van der Waals surface area (Å²) in [5.41, 5.74) is -0.723. The lowest BCUT2D eigenvalue weighted by atomic mass is 10.4. The molecule has 152 valence electrons. The Morgan fingerprint density at radius 3 is 2.30 bits per heavy atom. The van der Waals surface area contributed by atoms with Gasteiger partial charge in [-0.3, -0.25) is 14.9 Å². The number of nitrogens with one attached hydrogen (secondary N) is 2. The first-order valence-corrected chi connectivity index (χ1v) is 9.19. The molecule has 0 radical (unpaired) electrons. The summed E-state index contributed by atoms with van der Waals surface area (Å²) in [5, 5.41) is 3.06. The highest BCUT2D eigenvalue weighted by molar-refractivity contribution is 7.89. The van der Waals surface area contributed by atoms with Gasteiger partial charge in [-0.1, -0.05) is 13.8 Å². The number of amides is 3. The molecule has 3 amide bonds. The van der Waals surface area contributed by atoms with Crippen LogP contribution in [-0.2, 0) is 21.4 Å². The Morgan fingerprint density at radius 2 is 1.78 bits per heavy atom. The Morgan fingerprint density at radius 1 is 1.19 bits per heavy atom. The minimum atomic E-state index is -4.65. The molecule has 0 aliphatic heterocycles. The number of nitrogens with zero attached hydrogens (tertiary/aromatic N) is 2. The van der Waals surface area contributed by atoms with Crippen LogP contribution in [0.25, 0.3) is 0 Å². The van der Waals surface area contributed by atoms with Crippen LogP contribution in [0.5, 0.6) is 0 Å². The van der Waals surface area contributed by atoms with Gasteiger partial charge < -0.3 is 9.88 Å². The number of aromatic nitrogens is 1. The monoisotopic (exact) mass is 412 g/mol. The molecular weight excluding hydrogens is 393 g/mol. The lowest BCUT2D eigenvalue weighted by Gasteiger charge is -2.19. The SMILES string of the molecule is CCN(CC)S(=O)(=O)c1ccc(=O)n(CC(=O)NC(=O)NCC(F)(F)F)c1. The molecule has 0 aromatic carbocycles. The quantitative estimate of drug-likeness (QED) is 0.667.